The molecule has 0 aromatic rings. The van der Waals surface area contributed by atoms with Crippen LogP contribution in [0.4, 0.5) is 8.78 Å². The molecular weight excluding hydrogens is 198 g/mol. The van der Waals surface area contributed by atoms with Gasteiger partial charge in [-0.1, -0.05) is 50.5 Å². The quantitative estimate of drug-likeness (QED) is 0.607. The molecule has 0 saturated heterocycles. The fourth-order valence-corrected chi connectivity index (χ4v) is 5.45. The van der Waals surface area contributed by atoms with E-state index in [1.807, 2.05) is 20.8 Å². The van der Waals surface area contributed by atoms with Crippen LogP contribution in [0, 0.1) is 0 Å². The van der Waals surface area contributed by atoms with Crippen LogP contribution in [-0.2, 0) is 0 Å². The van der Waals surface area contributed by atoms with Gasteiger partial charge < -0.3 is 0 Å². The molecule has 0 aromatic heterocycles. The lowest BCUT2D eigenvalue weighted by molar-refractivity contribution is 0.420. The van der Waals surface area contributed by atoms with Crippen molar-refractivity contribution in [2.45, 2.75) is 38.9 Å². The van der Waals surface area contributed by atoms with E-state index in [0.717, 1.165) is 18.1 Å². The minimum absolute atomic E-state index is 0.116. The van der Waals surface area contributed by atoms with E-state index in [0.29, 0.717) is 0 Å². The summed E-state index contributed by atoms with van der Waals surface area (Å²) in [6, 6.07) is 2.41. The maximum absolute atomic E-state index is 12.3. The second kappa shape index (κ2) is 4.97. The molecular formula is C8H15ClF2Si. The highest BCUT2D eigenvalue weighted by atomic mass is 35.5. The Bertz CT molecular complexity index is 164. The SMILES string of the molecule is CC[Si](CC)(CC)C(Cl)=C(F)F. The van der Waals surface area contributed by atoms with Crippen molar-refractivity contribution >= 4 is 19.7 Å². The second-order valence-corrected chi connectivity index (χ2v) is 8.79. The van der Waals surface area contributed by atoms with Gasteiger partial charge >= 0.3 is 0 Å². The average molecular weight is 213 g/mol. The molecule has 4 heteroatoms. The molecule has 0 unspecified atom stereocenters. The maximum atomic E-state index is 12.3. The number of halogens is 3. The third-order valence-electron chi connectivity index (χ3n) is 2.66. The molecule has 0 spiro atoms. The lowest BCUT2D eigenvalue weighted by Gasteiger charge is -2.26. The minimum atomic E-state index is -1.99. The third kappa shape index (κ3) is 2.30. The largest absolute Gasteiger partial charge is 0.280 e. The molecule has 0 rings (SSSR count). The highest BCUT2D eigenvalue weighted by Crippen LogP contribution is 2.33. The fraction of sp³-hybridized carbons (Fsp3) is 0.750. The highest BCUT2D eigenvalue weighted by Gasteiger charge is 2.33. The molecule has 0 aliphatic rings. The van der Waals surface area contributed by atoms with Gasteiger partial charge in [-0.05, 0) is 0 Å². The van der Waals surface area contributed by atoms with E-state index in [1.165, 1.54) is 0 Å². The molecule has 0 amide bonds. The van der Waals surface area contributed by atoms with Crippen LogP contribution in [0.2, 0.25) is 18.1 Å². The predicted octanol–water partition coefficient (Wildman–Crippen LogP) is 4.38. The summed E-state index contributed by atoms with van der Waals surface area (Å²) in [5.74, 6) is 0. The molecule has 0 heterocycles. The Morgan fingerprint density at radius 1 is 1.08 bits per heavy atom. The van der Waals surface area contributed by atoms with Crippen LogP contribution in [0.25, 0.3) is 0 Å². The van der Waals surface area contributed by atoms with Crippen molar-refractivity contribution < 1.29 is 8.78 Å². The monoisotopic (exact) mass is 212 g/mol. The Morgan fingerprint density at radius 2 is 1.42 bits per heavy atom. The van der Waals surface area contributed by atoms with Crippen molar-refractivity contribution in [2.24, 2.45) is 0 Å². The molecule has 12 heavy (non-hydrogen) atoms. The Labute approximate surface area is 78.6 Å². The van der Waals surface area contributed by atoms with Gasteiger partial charge in [0.15, 0.2) is 0 Å². The molecule has 0 aromatic carbocycles. The van der Waals surface area contributed by atoms with E-state index in [9.17, 15) is 8.78 Å². The molecule has 0 atom stereocenters. The van der Waals surface area contributed by atoms with Crippen LogP contribution >= 0.6 is 11.6 Å². The number of rotatable bonds is 4. The van der Waals surface area contributed by atoms with Crippen LogP contribution in [0.5, 0.6) is 0 Å². The summed E-state index contributed by atoms with van der Waals surface area (Å²) in [5.41, 5.74) is 0. The Morgan fingerprint density at radius 3 is 1.50 bits per heavy atom. The summed E-state index contributed by atoms with van der Waals surface area (Å²) in [6.45, 7) is 5.85. The summed E-state index contributed by atoms with van der Waals surface area (Å²) in [5, 5.41) is 0. The third-order valence-corrected chi connectivity index (χ3v) is 9.19. The first-order valence-electron chi connectivity index (χ1n) is 4.25. The summed E-state index contributed by atoms with van der Waals surface area (Å²) < 4.78 is 24.4. The average Bonchev–Trinajstić information content (AvgIpc) is 2.08. The van der Waals surface area contributed by atoms with E-state index in [2.05, 4.69) is 0 Å². The normalized spacial score (nSPS) is 11.5. The zero-order valence-corrected chi connectivity index (χ0v) is 9.51. The van der Waals surface area contributed by atoms with E-state index in [1.54, 1.807) is 0 Å². The molecule has 0 fully saturated rings. The second-order valence-electron chi connectivity index (χ2n) is 2.92. The molecule has 0 bridgehead atoms. The molecule has 0 radical (unpaired) electrons. The van der Waals surface area contributed by atoms with Gasteiger partial charge in [0.25, 0.3) is 6.08 Å². The van der Waals surface area contributed by atoms with Crippen molar-refractivity contribution in [3.63, 3.8) is 0 Å². The van der Waals surface area contributed by atoms with Crippen LogP contribution in [-0.4, -0.2) is 8.07 Å². The van der Waals surface area contributed by atoms with E-state index >= 15 is 0 Å². The van der Waals surface area contributed by atoms with E-state index in [4.69, 9.17) is 11.6 Å². The summed E-state index contributed by atoms with van der Waals surface area (Å²) in [6.07, 6.45) is -1.67. The number of hydrogen-bond acceptors (Lipinski definition) is 0. The van der Waals surface area contributed by atoms with Crippen molar-refractivity contribution in [3.8, 4) is 0 Å². The van der Waals surface area contributed by atoms with Crippen LogP contribution in [0.1, 0.15) is 20.8 Å². The lowest BCUT2D eigenvalue weighted by atomic mass is 10.9. The van der Waals surface area contributed by atoms with Crippen molar-refractivity contribution in [3.05, 3.63) is 10.7 Å². The Balaban J connectivity index is 4.84. The highest BCUT2D eigenvalue weighted by molar-refractivity contribution is 6.93. The fourth-order valence-electron chi connectivity index (χ4n) is 1.42. The molecule has 0 nitrogen and oxygen atoms in total. The Hall–Kier alpha value is 0.107. The van der Waals surface area contributed by atoms with Crippen molar-refractivity contribution in [1.29, 1.82) is 0 Å². The van der Waals surface area contributed by atoms with Crippen LogP contribution in [0.3, 0.4) is 0 Å². The first-order chi connectivity index (χ1) is 5.54. The lowest BCUT2D eigenvalue weighted by Crippen LogP contribution is -2.32. The molecule has 0 saturated carbocycles. The smallest absolute Gasteiger partial charge is 0.173 e. The maximum Gasteiger partial charge on any atom is 0.280 e. The van der Waals surface area contributed by atoms with Crippen LogP contribution < -0.4 is 0 Å². The van der Waals surface area contributed by atoms with E-state index < -0.39 is 14.2 Å². The topological polar surface area (TPSA) is 0 Å². The van der Waals surface area contributed by atoms with Crippen molar-refractivity contribution in [2.75, 3.05) is 0 Å². The van der Waals surface area contributed by atoms with E-state index in [-0.39, 0.29) is 4.66 Å². The van der Waals surface area contributed by atoms with Gasteiger partial charge in [-0.25, -0.2) is 0 Å². The predicted molar refractivity (Wildman–Crippen MR) is 52.3 cm³/mol. The van der Waals surface area contributed by atoms with Gasteiger partial charge in [0.2, 0.25) is 0 Å². The minimum Gasteiger partial charge on any atom is -0.173 e. The Kier molecular flexibility index (Phi) is 5.02. The van der Waals surface area contributed by atoms with Gasteiger partial charge in [0, 0.05) is 0 Å². The number of hydrogen-bond donors (Lipinski definition) is 0. The summed E-state index contributed by atoms with van der Waals surface area (Å²) in [4.78, 5) is 0. The van der Waals surface area contributed by atoms with Crippen molar-refractivity contribution in [1.82, 2.24) is 0 Å². The zero-order chi connectivity index (χ0) is 9.78. The first kappa shape index (κ1) is 12.1. The van der Waals surface area contributed by atoms with Gasteiger partial charge in [0.1, 0.15) is 8.07 Å². The van der Waals surface area contributed by atoms with Crippen LogP contribution in [0.15, 0.2) is 10.7 Å². The first-order valence-corrected chi connectivity index (χ1v) is 7.25. The van der Waals surface area contributed by atoms with Gasteiger partial charge in [0.05, 0.1) is 4.66 Å². The summed E-state index contributed by atoms with van der Waals surface area (Å²) in [7, 11) is -1.99. The molecule has 0 aliphatic heterocycles. The molecule has 72 valence electrons. The molecule has 0 aliphatic carbocycles. The standard InChI is InChI=1S/C8H15ClF2Si/c1-4-12(5-2,6-3)7(9)8(10)11/h4-6H2,1-3H3. The summed E-state index contributed by atoms with van der Waals surface area (Å²) >= 11 is 5.63. The van der Waals surface area contributed by atoms with Gasteiger partial charge in [-0.2, -0.15) is 8.78 Å². The molecule has 0 N–H and O–H groups in total. The zero-order valence-electron chi connectivity index (χ0n) is 7.76. The van der Waals surface area contributed by atoms with Gasteiger partial charge in [-0.15, -0.1) is 0 Å². The van der Waals surface area contributed by atoms with Gasteiger partial charge in [-0.3, -0.25) is 0 Å².